The molecule has 3 rings (SSSR count). The van der Waals surface area contributed by atoms with E-state index in [9.17, 15) is 24.8 Å². The molecular weight excluding hydrogens is 488 g/mol. The second-order valence-corrected chi connectivity index (χ2v) is 15.2. The highest BCUT2D eigenvalue weighted by Crippen LogP contribution is 2.70. The van der Waals surface area contributed by atoms with Gasteiger partial charge in [-0.05, 0) is 73.8 Å². The minimum absolute atomic E-state index is 0.0811. The second kappa shape index (κ2) is 9.40. The van der Waals surface area contributed by atoms with Crippen LogP contribution in [0, 0.1) is 49.7 Å². The smallest absolute Gasteiger partial charge is 0.223 e. The van der Waals surface area contributed by atoms with E-state index in [1.807, 2.05) is 34.6 Å². The van der Waals surface area contributed by atoms with Gasteiger partial charge in [-0.3, -0.25) is 14.4 Å². The summed E-state index contributed by atoms with van der Waals surface area (Å²) < 4.78 is 0. The van der Waals surface area contributed by atoms with Crippen LogP contribution in [0.2, 0.25) is 0 Å². The summed E-state index contributed by atoms with van der Waals surface area (Å²) in [7, 11) is 0. The second-order valence-electron chi connectivity index (χ2n) is 15.2. The van der Waals surface area contributed by atoms with Crippen molar-refractivity contribution in [1.29, 1.82) is 5.26 Å². The first-order chi connectivity index (χ1) is 17.6. The van der Waals surface area contributed by atoms with Crippen LogP contribution in [-0.4, -0.2) is 28.2 Å². The molecule has 1 fully saturated rings. The number of Topliss-reactive ketones (excluding diaryl/α,β-unsaturated/α-hetero) is 1. The molecule has 0 aromatic heterocycles. The Labute approximate surface area is 235 Å². The van der Waals surface area contributed by atoms with Crippen molar-refractivity contribution in [2.75, 3.05) is 0 Å². The fourth-order valence-corrected chi connectivity index (χ4v) is 8.07. The van der Waals surface area contributed by atoms with E-state index in [0.717, 1.165) is 24.8 Å². The fourth-order valence-electron chi connectivity index (χ4n) is 8.07. The molecule has 1 amide bonds. The van der Waals surface area contributed by atoms with Gasteiger partial charge in [0.1, 0.15) is 11.7 Å². The lowest BCUT2D eigenvalue weighted by molar-refractivity contribution is -0.174. The molecule has 1 saturated carbocycles. The van der Waals surface area contributed by atoms with E-state index in [-0.39, 0.29) is 34.4 Å². The van der Waals surface area contributed by atoms with Crippen molar-refractivity contribution in [2.45, 2.75) is 120 Å². The number of fused-ring (bicyclic) bond motifs is 3. The zero-order chi connectivity index (χ0) is 30.0. The Morgan fingerprint density at radius 2 is 1.69 bits per heavy atom. The van der Waals surface area contributed by atoms with Crippen molar-refractivity contribution >= 4 is 17.5 Å². The van der Waals surface area contributed by atoms with Crippen molar-refractivity contribution in [2.24, 2.45) is 44.1 Å². The number of aliphatic hydroxyl groups is 1. The minimum atomic E-state index is -1.66. The third-order valence-corrected chi connectivity index (χ3v) is 12.2. The predicted molar refractivity (Wildman–Crippen MR) is 153 cm³/mol. The highest BCUT2D eigenvalue weighted by molar-refractivity contribution is 6.05. The Bertz CT molecular complexity index is 1180. The first kappa shape index (κ1) is 31.3. The average Bonchev–Trinajstić information content (AvgIpc) is 2.84. The maximum absolute atomic E-state index is 13.7. The Balaban J connectivity index is 2.12. The number of ketones is 2. The van der Waals surface area contributed by atoms with E-state index in [0.29, 0.717) is 25.7 Å². The third kappa shape index (κ3) is 4.44. The van der Waals surface area contributed by atoms with Crippen LogP contribution in [0.3, 0.4) is 0 Å². The van der Waals surface area contributed by atoms with Gasteiger partial charge in [0.2, 0.25) is 5.91 Å². The van der Waals surface area contributed by atoms with Crippen LogP contribution in [0.15, 0.2) is 23.3 Å². The van der Waals surface area contributed by atoms with Crippen molar-refractivity contribution in [3.63, 3.8) is 0 Å². The Morgan fingerprint density at radius 1 is 1.10 bits per heavy atom. The zero-order valence-electron chi connectivity index (χ0n) is 25.9. The molecule has 0 aromatic carbocycles. The van der Waals surface area contributed by atoms with E-state index >= 15 is 0 Å². The normalized spacial score (nSPS) is 37.5. The molecule has 0 bridgehead atoms. The Hall–Kier alpha value is -2.26. The third-order valence-electron chi connectivity index (χ3n) is 12.2. The van der Waals surface area contributed by atoms with E-state index in [1.165, 1.54) is 0 Å². The molecule has 3 aliphatic rings. The SMILES string of the molecule is CCC(C)(C)CC[C@@](C)(CC[C@]1(C)[C@](C)(O)C(=O)C=C2[C@@]3(C)C=C(C#N)C(=O)C(C)(C)[C@@H]3CC[C@]21C)C(N)=O. The van der Waals surface area contributed by atoms with Crippen LogP contribution in [0.4, 0.5) is 0 Å². The van der Waals surface area contributed by atoms with E-state index < -0.39 is 32.7 Å². The maximum Gasteiger partial charge on any atom is 0.223 e. The van der Waals surface area contributed by atoms with Crippen molar-refractivity contribution in [3.05, 3.63) is 23.3 Å². The molecule has 3 N–H and O–H groups in total. The van der Waals surface area contributed by atoms with Crippen LogP contribution in [-0.2, 0) is 14.4 Å². The molecule has 6 heteroatoms. The molecule has 0 spiro atoms. The standard InChI is InChI=1S/C33H50N2O4/c1-11-27(2,3)14-15-29(6,26(35)38)16-17-32(9)31(8)13-12-22-28(4,5)25(37)21(20-34)19-30(22,7)23(31)18-24(36)33(32,10)39/h18-19,22,39H,11-17H2,1-10H3,(H2,35,38)/t22-,29-,30-,31+,32-,33+/m0/s1. The Kier molecular flexibility index (Phi) is 7.54. The highest BCUT2D eigenvalue weighted by atomic mass is 16.3. The molecule has 39 heavy (non-hydrogen) atoms. The number of nitriles is 1. The molecule has 0 aliphatic heterocycles. The van der Waals surface area contributed by atoms with Crippen molar-refractivity contribution < 1.29 is 19.5 Å². The van der Waals surface area contributed by atoms with Gasteiger partial charge in [-0.1, -0.05) is 74.8 Å². The number of carbonyl (C=O) groups excluding carboxylic acids is 3. The molecule has 0 radical (unpaired) electrons. The van der Waals surface area contributed by atoms with Gasteiger partial charge in [-0.2, -0.15) is 5.26 Å². The lowest BCUT2D eigenvalue weighted by atomic mass is 9.38. The van der Waals surface area contributed by atoms with Crippen LogP contribution in [0.25, 0.3) is 0 Å². The predicted octanol–water partition coefficient (Wildman–Crippen LogP) is 6.22. The van der Waals surface area contributed by atoms with Crippen LogP contribution in [0.5, 0.6) is 0 Å². The summed E-state index contributed by atoms with van der Waals surface area (Å²) in [5.41, 5.74) is 1.69. The van der Waals surface area contributed by atoms with Crippen LogP contribution >= 0.6 is 0 Å². The van der Waals surface area contributed by atoms with Crippen LogP contribution in [0.1, 0.15) is 114 Å². The zero-order valence-corrected chi connectivity index (χ0v) is 25.9. The maximum atomic E-state index is 13.7. The molecule has 216 valence electrons. The number of amides is 1. The summed E-state index contributed by atoms with van der Waals surface area (Å²) in [6, 6.07) is 2.11. The van der Waals surface area contributed by atoms with Crippen molar-refractivity contribution in [1.82, 2.24) is 0 Å². The van der Waals surface area contributed by atoms with Gasteiger partial charge in [0.15, 0.2) is 11.6 Å². The molecule has 0 aromatic rings. The first-order valence-corrected chi connectivity index (χ1v) is 14.6. The average molecular weight is 539 g/mol. The number of hydrogen-bond donors (Lipinski definition) is 2. The molecule has 6 nitrogen and oxygen atoms in total. The molecule has 3 aliphatic carbocycles. The van der Waals surface area contributed by atoms with Gasteiger partial charge < -0.3 is 10.8 Å². The van der Waals surface area contributed by atoms with Crippen molar-refractivity contribution in [3.8, 4) is 6.07 Å². The summed E-state index contributed by atoms with van der Waals surface area (Å²) in [5, 5.41) is 21.7. The number of hydrogen-bond acceptors (Lipinski definition) is 5. The molecule has 6 atom stereocenters. The van der Waals surface area contributed by atoms with E-state index in [1.54, 1.807) is 19.1 Å². The summed E-state index contributed by atoms with van der Waals surface area (Å²) in [6.07, 6.45) is 8.15. The highest BCUT2D eigenvalue weighted by Gasteiger charge is 2.68. The Morgan fingerprint density at radius 3 is 2.21 bits per heavy atom. The summed E-state index contributed by atoms with van der Waals surface area (Å²) in [6.45, 7) is 20.0. The summed E-state index contributed by atoms with van der Waals surface area (Å²) >= 11 is 0. The van der Waals surface area contributed by atoms with E-state index in [4.69, 9.17) is 5.73 Å². The number of allylic oxidation sites excluding steroid dienone is 3. The number of primary amides is 1. The van der Waals surface area contributed by atoms with Gasteiger partial charge in [0, 0.05) is 21.7 Å². The molecule has 0 unspecified atom stereocenters. The molecule has 0 heterocycles. The lowest BCUT2D eigenvalue weighted by Gasteiger charge is -2.65. The number of nitrogens with two attached hydrogens (primary N) is 1. The van der Waals surface area contributed by atoms with Gasteiger partial charge in [-0.15, -0.1) is 0 Å². The van der Waals surface area contributed by atoms with E-state index in [2.05, 4.69) is 33.8 Å². The molecular formula is C33H50N2O4. The number of carbonyl (C=O) groups is 3. The lowest BCUT2D eigenvalue weighted by Crippen LogP contribution is -2.66. The fraction of sp³-hybridized carbons (Fsp3) is 0.758. The minimum Gasteiger partial charge on any atom is -0.381 e. The van der Waals surface area contributed by atoms with Gasteiger partial charge >= 0.3 is 0 Å². The molecule has 0 saturated heterocycles. The van der Waals surface area contributed by atoms with Gasteiger partial charge in [-0.25, -0.2) is 0 Å². The largest absolute Gasteiger partial charge is 0.381 e. The van der Waals surface area contributed by atoms with Crippen LogP contribution < -0.4 is 5.73 Å². The number of nitrogens with zero attached hydrogens (tertiary/aromatic N) is 1. The first-order valence-electron chi connectivity index (χ1n) is 14.6. The quantitative estimate of drug-likeness (QED) is 0.380. The van der Waals surface area contributed by atoms with Gasteiger partial charge in [0.05, 0.1) is 5.57 Å². The van der Waals surface area contributed by atoms with Gasteiger partial charge in [0.25, 0.3) is 0 Å². The topological polar surface area (TPSA) is 121 Å². The summed E-state index contributed by atoms with van der Waals surface area (Å²) in [4.78, 5) is 39.7. The summed E-state index contributed by atoms with van der Waals surface area (Å²) in [5.74, 6) is -0.957. The monoisotopic (exact) mass is 538 g/mol. The number of rotatable bonds is 8.